The van der Waals surface area contributed by atoms with Gasteiger partial charge in [-0.1, -0.05) is 5.21 Å². The van der Waals surface area contributed by atoms with Crippen LogP contribution >= 0.6 is 11.3 Å². The Morgan fingerprint density at radius 3 is 2.90 bits per heavy atom. The van der Waals surface area contributed by atoms with Gasteiger partial charge in [-0.25, -0.2) is 9.48 Å². The largest absolute Gasteiger partial charge is 0.502 e. The number of carboxylic acids is 1. The quantitative estimate of drug-likeness (QED) is 0.519. The molecule has 0 radical (unpaired) electrons. The molecule has 0 amide bonds. The van der Waals surface area contributed by atoms with Gasteiger partial charge in [0, 0.05) is 6.07 Å². The van der Waals surface area contributed by atoms with Crippen molar-refractivity contribution >= 4 is 27.5 Å². The molecule has 11 heteroatoms. The summed E-state index contributed by atoms with van der Waals surface area (Å²) < 4.78 is 13.8. The average Bonchev–Trinajstić information content (AvgIpc) is 3.44. The van der Waals surface area contributed by atoms with E-state index in [0.717, 1.165) is 11.3 Å². The average molecular weight is 412 g/mol. The smallest absolute Gasteiger partial charge is 0.341 e. The monoisotopic (exact) mass is 412 g/mol. The van der Waals surface area contributed by atoms with E-state index in [-0.39, 0.29) is 18.9 Å². The van der Waals surface area contributed by atoms with Gasteiger partial charge in [-0.2, -0.15) is 0 Å². The van der Waals surface area contributed by atoms with Gasteiger partial charge in [-0.3, -0.25) is 9.36 Å². The second-order valence-corrected chi connectivity index (χ2v) is 7.16. The zero-order valence-electron chi connectivity index (χ0n) is 14.6. The molecule has 0 spiro atoms. The third-order valence-electron chi connectivity index (χ3n) is 4.54. The van der Waals surface area contributed by atoms with E-state index < -0.39 is 17.3 Å². The number of carbonyl (C=O) groups is 1. The number of rotatable bonds is 4. The lowest BCUT2D eigenvalue weighted by Gasteiger charge is -2.09. The van der Waals surface area contributed by atoms with Crippen LogP contribution in [0.25, 0.3) is 15.9 Å². The number of aromatic nitrogens is 4. The van der Waals surface area contributed by atoms with Gasteiger partial charge in [0.25, 0.3) is 5.56 Å². The fourth-order valence-corrected chi connectivity index (χ4v) is 4.13. The lowest BCUT2D eigenvalue weighted by molar-refractivity contribution is 0.0695. The molecule has 1 aliphatic heterocycles. The Morgan fingerprint density at radius 2 is 2.07 bits per heavy atom. The topological polar surface area (TPSA) is 129 Å². The van der Waals surface area contributed by atoms with Crippen molar-refractivity contribution in [1.29, 1.82) is 0 Å². The number of benzene rings is 1. The molecule has 0 bridgehead atoms. The summed E-state index contributed by atoms with van der Waals surface area (Å²) in [6, 6.07) is 6.96. The van der Waals surface area contributed by atoms with Crippen molar-refractivity contribution < 1.29 is 24.5 Å². The summed E-state index contributed by atoms with van der Waals surface area (Å²) in [5.74, 6) is -0.900. The predicted molar refractivity (Wildman–Crippen MR) is 101 cm³/mol. The van der Waals surface area contributed by atoms with Crippen molar-refractivity contribution in [3.8, 4) is 22.9 Å². The van der Waals surface area contributed by atoms with Gasteiger partial charge in [0.15, 0.2) is 17.2 Å². The fraction of sp³-hybridized carbons (Fsp3) is 0.111. The summed E-state index contributed by atoms with van der Waals surface area (Å²) in [6.07, 6.45) is 1.64. The summed E-state index contributed by atoms with van der Waals surface area (Å²) in [5, 5.41) is 29.3. The van der Waals surface area contributed by atoms with E-state index in [1.807, 2.05) is 0 Å². The van der Waals surface area contributed by atoms with Gasteiger partial charge in [0.1, 0.15) is 11.3 Å². The Labute approximate surface area is 165 Å². The Bertz CT molecular complexity index is 1340. The molecule has 4 heterocycles. The fourth-order valence-electron chi connectivity index (χ4n) is 3.20. The van der Waals surface area contributed by atoms with Gasteiger partial charge in [0.2, 0.25) is 6.79 Å². The summed E-state index contributed by atoms with van der Waals surface area (Å²) in [7, 11) is 0. The normalized spacial score (nSPS) is 12.6. The van der Waals surface area contributed by atoms with E-state index in [9.17, 15) is 19.8 Å². The number of nitrogens with zero attached hydrogens (tertiary/aromatic N) is 4. The minimum absolute atomic E-state index is 0.0179. The van der Waals surface area contributed by atoms with E-state index in [4.69, 9.17) is 9.47 Å². The third-order valence-corrected chi connectivity index (χ3v) is 5.46. The highest BCUT2D eigenvalue weighted by molar-refractivity contribution is 7.17. The van der Waals surface area contributed by atoms with Gasteiger partial charge >= 0.3 is 5.97 Å². The molecule has 1 aliphatic rings. The number of carboxylic acid groups (broad SMARTS) is 1. The Kier molecular flexibility index (Phi) is 3.77. The van der Waals surface area contributed by atoms with Crippen molar-refractivity contribution in [2.45, 2.75) is 6.54 Å². The molecule has 146 valence electrons. The standard InChI is InChI=1S/C18H12N4O6S/c23-15-14(18(25)26)16-11(3-4-29-16)21(17(15)24)6-9-7-22(20-19-9)10-1-2-12-13(5-10)28-8-27-12/h1-5,7,23H,6,8H2,(H,25,26). The molecular weight excluding hydrogens is 400 g/mol. The third kappa shape index (κ3) is 2.70. The number of pyridine rings is 1. The van der Waals surface area contributed by atoms with Crippen LogP contribution in [0.2, 0.25) is 0 Å². The van der Waals surface area contributed by atoms with E-state index >= 15 is 0 Å². The lowest BCUT2D eigenvalue weighted by atomic mass is 10.2. The molecule has 0 unspecified atom stereocenters. The van der Waals surface area contributed by atoms with Gasteiger partial charge in [-0.15, -0.1) is 16.4 Å². The number of ether oxygens (including phenoxy) is 2. The Morgan fingerprint density at radius 1 is 1.24 bits per heavy atom. The van der Waals surface area contributed by atoms with E-state index in [1.165, 1.54) is 9.25 Å². The van der Waals surface area contributed by atoms with Gasteiger partial charge in [0.05, 0.1) is 28.6 Å². The second kappa shape index (κ2) is 6.34. The molecule has 0 fully saturated rings. The maximum atomic E-state index is 12.6. The first-order valence-corrected chi connectivity index (χ1v) is 9.28. The molecule has 0 atom stereocenters. The summed E-state index contributed by atoms with van der Waals surface area (Å²) in [5.41, 5.74) is 0.379. The van der Waals surface area contributed by atoms with Crippen LogP contribution in [0.15, 0.2) is 40.6 Å². The first kappa shape index (κ1) is 17.3. The van der Waals surface area contributed by atoms with Crippen molar-refractivity contribution in [2.75, 3.05) is 6.79 Å². The minimum atomic E-state index is -1.35. The number of fused-ring (bicyclic) bond motifs is 2. The predicted octanol–water partition coefficient (Wildman–Crippen LogP) is 1.82. The highest BCUT2D eigenvalue weighted by Crippen LogP contribution is 2.33. The molecule has 5 rings (SSSR count). The van der Waals surface area contributed by atoms with Crippen molar-refractivity contribution in [3.63, 3.8) is 0 Å². The molecule has 2 N–H and O–H groups in total. The van der Waals surface area contributed by atoms with Crippen molar-refractivity contribution in [1.82, 2.24) is 19.6 Å². The van der Waals surface area contributed by atoms with Crippen LogP contribution < -0.4 is 15.0 Å². The zero-order chi connectivity index (χ0) is 20.1. The number of aromatic carboxylic acids is 1. The number of hydrogen-bond acceptors (Lipinski definition) is 8. The molecular formula is C18H12N4O6S. The van der Waals surface area contributed by atoms with E-state index in [2.05, 4.69) is 10.3 Å². The number of thiophene rings is 1. The lowest BCUT2D eigenvalue weighted by Crippen LogP contribution is -2.23. The Balaban J connectivity index is 1.54. The van der Waals surface area contributed by atoms with Gasteiger partial charge in [-0.05, 0) is 23.6 Å². The summed E-state index contributed by atoms with van der Waals surface area (Å²) >= 11 is 1.14. The first-order chi connectivity index (χ1) is 14.0. The SMILES string of the molecule is O=C(O)c1c(O)c(=O)n(Cc2cn(-c3ccc4c(c3)OCO4)nn2)c2ccsc12. The maximum absolute atomic E-state index is 12.6. The molecule has 4 aromatic rings. The van der Waals surface area contributed by atoms with Crippen molar-refractivity contribution in [2.24, 2.45) is 0 Å². The van der Waals surface area contributed by atoms with Crippen molar-refractivity contribution in [3.05, 3.63) is 57.5 Å². The zero-order valence-corrected chi connectivity index (χ0v) is 15.4. The number of aromatic hydroxyl groups is 1. The van der Waals surface area contributed by atoms with Crippen LogP contribution in [0, 0.1) is 0 Å². The van der Waals surface area contributed by atoms with Gasteiger partial charge < -0.3 is 19.7 Å². The molecule has 3 aromatic heterocycles. The van der Waals surface area contributed by atoms with E-state index in [1.54, 1.807) is 35.8 Å². The molecule has 29 heavy (non-hydrogen) atoms. The molecule has 0 saturated heterocycles. The summed E-state index contributed by atoms with van der Waals surface area (Å²) in [4.78, 5) is 24.0. The van der Waals surface area contributed by atoms with Crippen LogP contribution in [0.5, 0.6) is 17.2 Å². The summed E-state index contributed by atoms with van der Waals surface area (Å²) in [6.45, 7) is 0.181. The Hall–Kier alpha value is -3.86. The molecule has 1 aromatic carbocycles. The van der Waals surface area contributed by atoms with Crippen LogP contribution in [0.1, 0.15) is 16.1 Å². The van der Waals surface area contributed by atoms with Crippen LogP contribution in [-0.2, 0) is 6.54 Å². The highest BCUT2D eigenvalue weighted by Gasteiger charge is 2.23. The molecule has 0 saturated carbocycles. The number of hydrogen-bond donors (Lipinski definition) is 2. The van der Waals surface area contributed by atoms with Crippen LogP contribution in [0.4, 0.5) is 0 Å². The first-order valence-electron chi connectivity index (χ1n) is 8.40. The minimum Gasteiger partial charge on any atom is -0.502 e. The molecule has 10 nitrogen and oxygen atoms in total. The van der Waals surface area contributed by atoms with E-state index in [0.29, 0.717) is 33.1 Å². The van der Waals surface area contributed by atoms with Crippen LogP contribution in [-0.4, -0.2) is 42.5 Å². The molecule has 0 aliphatic carbocycles. The van der Waals surface area contributed by atoms with Crippen LogP contribution in [0.3, 0.4) is 0 Å². The second-order valence-electron chi connectivity index (χ2n) is 6.25. The highest BCUT2D eigenvalue weighted by atomic mass is 32.1. The maximum Gasteiger partial charge on any atom is 0.341 e.